The summed E-state index contributed by atoms with van der Waals surface area (Å²) in [7, 11) is 0. The average molecular weight is 278 g/mol. The number of nitrogens with zero attached hydrogens (tertiary/aromatic N) is 1. The summed E-state index contributed by atoms with van der Waals surface area (Å²) in [6.07, 6.45) is 0. The number of nitrogens with two attached hydrogens (primary N) is 1. The van der Waals surface area contributed by atoms with Crippen LogP contribution >= 0.6 is 0 Å². The molecule has 6 heteroatoms. The zero-order chi connectivity index (χ0) is 15.2. The normalized spacial score (nSPS) is 9.48. The molecular weight excluding hydrogens is 266 g/mol. The number of benzene rings is 2. The summed E-state index contributed by atoms with van der Waals surface area (Å²) in [5.74, 6) is -0.574. The third-order valence-corrected chi connectivity index (χ3v) is 2.62. The van der Waals surface area contributed by atoms with Gasteiger partial charge in [0, 0.05) is 17.3 Å². The SMILES string of the molecule is N#Cc1[c]cccc1NC(=O)c1cccc(NC(=N)N)c1. The van der Waals surface area contributed by atoms with E-state index in [4.69, 9.17) is 16.4 Å². The summed E-state index contributed by atoms with van der Waals surface area (Å²) < 4.78 is 0. The Labute approximate surface area is 121 Å². The first kappa shape index (κ1) is 14.1. The Bertz CT molecular complexity index is 733. The first-order valence-electron chi connectivity index (χ1n) is 6.03. The van der Waals surface area contributed by atoms with Gasteiger partial charge in [-0.05, 0) is 24.3 Å². The summed E-state index contributed by atoms with van der Waals surface area (Å²) in [5.41, 5.74) is 6.83. The van der Waals surface area contributed by atoms with Crippen LogP contribution < -0.4 is 16.4 Å². The minimum atomic E-state index is -0.363. The molecule has 0 bridgehead atoms. The highest BCUT2D eigenvalue weighted by atomic mass is 16.1. The topological polar surface area (TPSA) is 115 Å². The molecule has 0 aliphatic rings. The van der Waals surface area contributed by atoms with E-state index in [2.05, 4.69) is 16.7 Å². The number of guanidine groups is 1. The molecule has 2 aromatic carbocycles. The van der Waals surface area contributed by atoms with Crippen molar-refractivity contribution >= 4 is 23.2 Å². The quantitative estimate of drug-likeness (QED) is 0.507. The molecule has 0 saturated carbocycles. The number of carbonyl (C=O) groups excluding carboxylic acids is 1. The van der Waals surface area contributed by atoms with Crippen LogP contribution in [0.1, 0.15) is 15.9 Å². The fourth-order valence-corrected chi connectivity index (χ4v) is 1.72. The van der Waals surface area contributed by atoms with Crippen LogP contribution in [0.3, 0.4) is 0 Å². The molecule has 21 heavy (non-hydrogen) atoms. The van der Waals surface area contributed by atoms with Gasteiger partial charge >= 0.3 is 0 Å². The van der Waals surface area contributed by atoms with E-state index in [1.165, 1.54) is 0 Å². The predicted octanol–water partition coefficient (Wildman–Crippen LogP) is 1.92. The van der Waals surface area contributed by atoms with Crippen LogP contribution in [-0.4, -0.2) is 11.9 Å². The maximum Gasteiger partial charge on any atom is 0.255 e. The second kappa shape index (κ2) is 6.21. The third-order valence-electron chi connectivity index (χ3n) is 2.62. The van der Waals surface area contributed by atoms with E-state index in [0.717, 1.165) is 0 Å². The number of anilines is 2. The summed E-state index contributed by atoms with van der Waals surface area (Å²) in [6.45, 7) is 0. The fourth-order valence-electron chi connectivity index (χ4n) is 1.72. The lowest BCUT2D eigenvalue weighted by Gasteiger charge is -2.08. The smallest absolute Gasteiger partial charge is 0.255 e. The highest BCUT2D eigenvalue weighted by Gasteiger charge is 2.09. The van der Waals surface area contributed by atoms with Crippen molar-refractivity contribution in [2.75, 3.05) is 10.6 Å². The van der Waals surface area contributed by atoms with Crippen molar-refractivity contribution in [3.63, 3.8) is 0 Å². The van der Waals surface area contributed by atoms with E-state index in [0.29, 0.717) is 16.9 Å². The van der Waals surface area contributed by atoms with Gasteiger partial charge in [0.2, 0.25) is 0 Å². The van der Waals surface area contributed by atoms with Crippen LogP contribution in [0.5, 0.6) is 0 Å². The predicted molar refractivity (Wildman–Crippen MR) is 79.9 cm³/mol. The average Bonchev–Trinajstić information content (AvgIpc) is 2.47. The Morgan fingerprint density at radius 2 is 2.10 bits per heavy atom. The Morgan fingerprint density at radius 1 is 1.29 bits per heavy atom. The molecule has 0 aromatic heterocycles. The zero-order valence-corrected chi connectivity index (χ0v) is 11.0. The van der Waals surface area contributed by atoms with Gasteiger partial charge < -0.3 is 16.4 Å². The van der Waals surface area contributed by atoms with Gasteiger partial charge in [0.1, 0.15) is 6.07 Å². The summed E-state index contributed by atoms with van der Waals surface area (Å²) >= 11 is 0. The molecule has 0 aliphatic carbocycles. The van der Waals surface area contributed by atoms with E-state index >= 15 is 0 Å². The summed E-state index contributed by atoms with van der Waals surface area (Å²) in [4.78, 5) is 12.2. The molecular formula is C15H12N5O. The second-order valence-corrected chi connectivity index (χ2v) is 4.14. The molecule has 0 heterocycles. The van der Waals surface area contributed by atoms with E-state index in [1.54, 1.807) is 42.5 Å². The van der Waals surface area contributed by atoms with E-state index < -0.39 is 0 Å². The van der Waals surface area contributed by atoms with Crippen molar-refractivity contribution in [3.05, 3.63) is 59.7 Å². The summed E-state index contributed by atoms with van der Waals surface area (Å²) in [5, 5.41) is 21.4. The van der Waals surface area contributed by atoms with Crippen LogP contribution in [0.2, 0.25) is 0 Å². The van der Waals surface area contributed by atoms with Crippen LogP contribution in [0, 0.1) is 22.8 Å². The minimum absolute atomic E-state index is 0.211. The van der Waals surface area contributed by atoms with Crippen molar-refractivity contribution in [1.29, 1.82) is 10.7 Å². The number of hydrogen-bond acceptors (Lipinski definition) is 3. The molecule has 103 valence electrons. The molecule has 1 radical (unpaired) electrons. The largest absolute Gasteiger partial charge is 0.370 e. The van der Waals surface area contributed by atoms with Gasteiger partial charge in [0.05, 0.1) is 11.3 Å². The van der Waals surface area contributed by atoms with Crippen molar-refractivity contribution in [2.24, 2.45) is 5.73 Å². The van der Waals surface area contributed by atoms with Gasteiger partial charge in [0.15, 0.2) is 5.96 Å². The molecule has 2 aromatic rings. The number of hydrogen-bond donors (Lipinski definition) is 4. The Morgan fingerprint density at radius 3 is 2.81 bits per heavy atom. The molecule has 0 spiro atoms. The molecule has 0 atom stereocenters. The van der Waals surface area contributed by atoms with Crippen molar-refractivity contribution in [3.8, 4) is 6.07 Å². The molecule has 0 aliphatic heterocycles. The standard InChI is InChI=1S/C15H12N5O/c16-9-11-4-1-2-7-13(11)20-14(21)10-5-3-6-12(8-10)19-15(17)18/h1-3,5-8H,(H,20,21)(H4,17,18,19). The van der Waals surface area contributed by atoms with Gasteiger partial charge in [-0.1, -0.05) is 18.2 Å². The maximum absolute atomic E-state index is 12.2. The van der Waals surface area contributed by atoms with E-state index in [-0.39, 0.29) is 17.4 Å². The van der Waals surface area contributed by atoms with Crippen LogP contribution in [0.4, 0.5) is 11.4 Å². The van der Waals surface area contributed by atoms with Crippen molar-refractivity contribution < 1.29 is 4.79 Å². The number of carbonyl (C=O) groups is 1. The molecule has 1 amide bonds. The number of nitriles is 1. The third kappa shape index (κ3) is 3.58. The van der Waals surface area contributed by atoms with Crippen molar-refractivity contribution in [2.45, 2.75) is 0 Å². The molecule has 5 N–H and O–H groups in total. The maximum atomic E-state index is 12.2. The number of amides is 1. The highest BCUT2D eigenvalue weighted by Crippen LogP contribution is 2.16. The monoisotopic (exact) mass is 278 g/mol. The van der Waals surface area contributed by atoms with E-state index in [1.807, 2.05) is 6.07 Å². The number of rotatable bonds is 3. The highest BCUT2D eigenvalue weighted by molar-refractivity contribution is 6.05. The van der Waals surface area contributed by atoms with Crippen molar-refractivity contribution in [1.82, 2.24) is 0 Å². The Hall–Kier alpha value is -3.33. The zero-order valence-electron chi connectivity index (χ0n) is 11.0. The lowest BCUT2D eigenvalue weighted by Crippen LogP contribution is -2.21. The van der Waals surface area contributed by atoms with Gasteiger partial charge in [-0.25, -0.2) is 0 Å². The minimum Gasteiger partial charge on any atom is -0.370 e. The molecule has 0 unspecified atom stereocenters. The van der Waals surface area contributed by atoms with E-state index in [9.17, 15) is 4.79 Å². The Balaban J connectivity index is 2.21. The van der Waals surface area contributed by atoms with Crippen LogP contribution in [0.15, 0.2) is 42.5 Å². The Kier molecular flexibility index (Phi) is 4.17. The molecule has 6 nitrogen and oxygen atoms in total. The van der Waals surface area contributed by atoms with Gasteiger partial charge in [-0.3, -0.25) is 10.2 Å². The molecule has 0 fully saturated rings. The lowest BCUT2D eigenvalue weighted by atomic mass is 10.1. The van der Waals surface area contributed by atoms with Gasteiger partial charge in [0.25, 0.3) is 5.91 Å². The van der Waals surface area contributed by atoms with Gasteiger partial charge in [-0.2, -0.15) is 5.26 Å². The fraction of sp³-hybridized carbons (Fsp3) is 0. The molecule has 0 saturated heterocycles. The first-order chi connectivity index (χ1) is 10.1. The number of nitrogens with one attached hydrogen (secondary N) is 3. The summed E-state index contributed by atoms with van der Waals surface area (Å²) in [6, 6.07) is 16.2. The van der Waals surface area contributed by atoms with Gasteiger partial charge in [-0.15, -0.1) is 0 Å². The van der Waals surface area contributed by atoms with Crippen LogP contribution in [0.25, 0.3) is 0 Å². The van der Waals surface area contributed by atoms with Crippen LogP contribution in [-0.2, 0) is 0 Å². The lowest BCUT2D eigenvalue weighted by molar-refractivity contribution is 0.102. The second-order valence-electron chi connectivity index (χ2n) is 4.14. The first-order valence-corrected chi connectivity index (χ1v) is 6.03. The molecule has 2 rings (SSSR count).